The van der Waals surface area contributed by atoms with Crippen LogP contribution in [0.5, 0.6) is 5.75 Å². The number of carboxylic acids is 1. The molecule has 0 saturated carbocycles. The number of thioether (sulfide) groups is 1. The number of amides is 1. The molecule has 0 bridgehead atoms. The lowest BCUT2D eigenvalue weighted by atomic mass is 10.2. The van der Waals surface area contributed by atoms with Crippen molar-refractivity contribution in [3.63, 3.8) is 0 Å². The molecule has 3 rings (SSSR count). The summed E-state index contributed by atoms with van der Waals surface area (Å²) in [5.74, 6) is -0.678. The van der Waals surface area contributed by atoms with E-state index < -0.39 is 5.97 Å². The van der Waals surface area contributed by atoms with E-state index in [1.807, 2.05) is 24.3 Å². The number of para-hydroxylation sites is 1. The van der Waals surface area contributed by atoms with Crippen molar-refractivity contribution in [2.45, 2.75) is 4.90 Å². The molecule has 0 unspecified atom stereocenters. The second kappa shape index (κ2) is 7.33. The molecule has 1 amide bonds. The van der Waals surface area contributed by atoms with Crippen LogP contribution in [0.4, 0.5) is 5.69 Å². The van der Waals surface area contributed by atoms with Gasteiger partial charge in [-0.05, 0) is 51.8 Å². The molecule has 7 heteroatoms. The Balaban J connectivity index is 2.01. The normalized spacial score (nSPS) is 15.2. The summed E-state index contributed by atoms with van der Waals surface area (Å²) >= 11 is 4.76. The van der Waals surface area contributed by atoms with Gasteiger partial charge in [0.2, 0.25) is 0 Å². The fraction of sp³-hybridized carbons (Fsp3) is 0.111. The minimum absolute atomic E-state index is 0.321. The first kappa shape index (κ1) is 17.6. The lowest BCUT2D eigenvalue weighted by Gasteiger charge is -2.29. The molecule has 0 atom stereocenters. The highest BCUT2D eigenvalue weighted by Crippen LogP contribution is 2.42. The maximum atomic E-state index is 12.8. The molecule has 0 fully saturated rings. The highest BCUT2D eigenvalue weighted by atomic mass is 79.9. The number of nitrogens with zero attached hydrogens (tertiary/aromatic N) is 1. The molecule has 1 aliphatic heterocycles. The van der Waals surface area contributed by atoms with E-state index in [9.17, 15) is 9.59 Å². The van der Waals surface area contributed by atoms with Gasteiger partial charge >= 0.3 is 5.97 Å². The molecule has 25 heavy (non-hydrogen) atoms. The smallest absolute Gasteiger partial charge is 0.323 e. The van der Waals surface area contributed by atoms with Crippen LogP contribution in [0.25, 0.3) is 6.08 Å². The number of benzene rings is 2. The van der Waals surface area contributed by atoms with E-state index in [4.69, 9.17) is 9.84 Å². The van der Waals surface area contributed by atoms with E-state index in [0.717, 1.165) is 14.9 Å². The maximum absolute atomic E-state index is 12.8. The van der Waals surface area contributed by atoms with Crippen LogP contribution in [-0.2, 0) is 9.59 Å². The van der Waals surface area contributed by atoms with Crippen LogP contribution < -0.4 is 9.64 Å². The predicted molar refractivity (Wildman–Crippen MR) is 101 cm³/mol. The highest BCUT2D eigenvalue weighted by Gasteiger charge is 2.30. The van der Waals surface area contributed by atoms with Crippen molar-refractivity contribution in [3.05, 3.63) is 57.4 Å². The molecule has 0 aliphatic carbocycles. The second-order valence-corrected chi connectivity index (χ2v) is 7.20. The molecule has 1 aliphatic rings. The molecule has 1 heterocycles. The summed E-state index contributed by atoms with van der Waals surface area (Å²) in [6.45, 7) is -0.375. The monoisotopic (exact) mass is 419 g/mol. The van der Waals surface area contributed by atoms with E-state index in [2.05, 4.69) is 15.9 Å². The van der Waals surface area contributed by atoms with Crippen LogP contribution in [0.2, 0.25) is 0 Å². The quantitative estimate of drug-likeness (QED) is 0.757. The molecular weight excluding hydrogens is 406 g/mol. The standard InChI is InChI=1S/C18H14BrNO4S/c1-24-14-7-6-11(8-12(14)19)9-16-18(23)20(10-17(21)22)13-4-2-3-5-15(13)25-16/h2-9H,10H2,1H3,(H,21,22). The summed E-state index contributed by atoms with van der Waals surface area (Å²) in [6.07, 6.45) is 1.75. The minimum atomic E-state index is -1.05. The third-order valence-corrected chi connectivity index (χ3v) is 5.30. The van der Waals surface area contributed by atoms with Crippen molar-refractivity contribution < 1.29 is 19.4 Å². The van der Waals surface area contributed by atoms with Gasteiger partial charge in [-0.15, -0.1) is 0 Å². The number of aliphatic carboxylic acids is 1. The van der Waals surface area contributed by atoms with Gasteiger partial charge in [-0.2, -0.15) is 0 Å². The van der Waals surface area contributed by atoms with Gasteiger partial charge in [-0.25, -0.2) is 0 Å². The Bertz CT molecular complexity index is 881. The number of rotatable bonds is 4. The van der Waals surface area contributed by atoms with Crippen molar-refractivity contribution >= 4 is 51.3 Å². The van der Waals surface area contributed by atoms with Crippen molar-refractivity contribution in [2.24, 2.45) is 0 Å². The largest absolute Gasteiger partial charge is 0.496 e. The second-order valence-electron chi connectivity index (χ2n) is 5.26. The zero-order valence-corrected chi connectivity index (χ0v) is 15.6. The molecule has 0 spiro atoms. The number of carbonyl (C=O) groups excluding carboxylic acids is 1. The molecule has 2 aromatic carbocycles. The van der Waals surface area contributed by atoms with Crippen LogP contribution in [0.3, 0.4) is 0 Å². The summed E-state index contributed by atoms with van der Waals surface area (Å²) in [5.41, 5.74) is 1.44. The van der Waals surface area contributed by atoms with Crippen LogP contribution in [0.1, 0.15) is 5.56 Å². The van der Waals surface area contributed by atoms with E-state index >= 15 is 0 Å². The molecule has 0 radical (unpaired) electrons. The summed E-state index contributed by atoms with van der Waals surface area (Å²) in [7, 11) is 1.58. The number of hydrogen-bond acceptors (Lipinski definition) is 4. The Morgan fingerprint density at radius 2 is 2.08 bits per heavy atom. The molecule has 0 saturated heterocycles. The van der Waals surface area contributed by atoms with Crippen LogP contribution in [-0.4, -0.2) is 30.6 Å². The Kier molecular flexibility index (Phi) is 5.15. The number of hydrogen-bond donors (Lipinski definition) is 1. The topological polar surface area (TPSA) is 66.8 Å². The molecule has 0 aromatic heterocycles. The maximum Gasteiger partial charge on any atom is 0.323 e. The molecule has 2 aromatic rings. The number of methoxy groups -OCH3 is 1. The predicted octanol–water partition coefficient (Wildman–Crippen LogP) is 4.02. The molecule has 5 nitrogen and oxygen atoms in total. The summed E-state index contributed by atoms with van der Waals surface area (Å²) in [6, 6.07) is 12.8. The van der Waals surface area contributed by atoms with Gasteiger partial charge in [0.05, 0.1) is 22.2 Å². The molecule has 128 valence electrons. The average Bonchev–Trinajstić information content (AvgIpc) is 2.58. The van der Waals surface area contributed by atoms with Crippen LogP contribution in [0.15, 0.2) is 56.7 Å². The number of anilines is 1. The van der Waals surface area contributed by atoms with Crippen molar-refractivity contribution in [1.82, 2.24) is 0 Å². The van der Waals surface area contributed by atoms with Gasteiger partial charge in [0, 0.05) is 4.90 Å². The van der Waals surface area contributed by atoms with E-state index in [-0.39, 0.29) is 12.5 Å². The van der Waals surface area contributed by atoms with E-state index in [0.29, 0.717) is 16.3 Å². The van der Waals surface area contributed by atoms with E-state index in [1.54, 1.807) is 31.4 Å². The first-order valence-electron chi connectivity index (χ1n) is 7.35. The Morgan fingerprint density at radius 1 is 1.32 bits per heavy atom. The Hall–Kier alpha value is -2.25. The van der Waals surface area contributed by atoms with Crippen molar-refractivity contribution in [3.8, 4) is 5.75 Å². The van der Waals surface area contributed by atoms with Crippen LogP contribution in [0, 0.1) is 0 Å². The Morgan fingerprint density at radius 3 is 2.76 bits per heavy atom. The van der Waals surface area contributed by atoms with Crippen molar-refractivity contribution in [1.29, 1.82) is 0 Å². The lowest BCUT2D eigenvalue weighted by molar-refractivity contribution is -0.136. The zero-order chi connectivity index (χ0) is 18.0. The van der Waals surface area contributed by atoms with Gasteiger partial charge in [0.1, 0.15) is 12.3 Å². The zero-order valence-electron chi connectivity index (χ0n) is 13.2. The lowest BCUT2D eigenvalue weighted by Crippen LogP contribution is -2.38. The van der Waals surface area contributed by atoms with Gasteiger partial charge in [-0.1, -0.05) is 30.0 Å². The summed E-state index contributed by atoms with van der Waals surface area (Å²) in [4.78, 5) is 26.5. The molecule has 1 N–H and O–H groups in total. The van der Waals surface area contributed by atoms with E-state index in [1.165, 1.54) is 16.7 Å². The first-order valence-corrected chi connectivity index (χ1v) is 8.96. The van der Waals surface area contributed by atoms with Crippen LogP contribution >= 0.6 is 27.7 Å². The third-order valence-electron chi connectivity index (χ3n) is 3.60. The summed E-state index contributed by atoms with van der Waals surface area (Å²) < 4.78 is 5.98. The number of halogens is 1. The van der Waals surface area contributed by atoms with Crippen molar-refractivity contribution in [2.75, 3.05) is 18.6 Å². The first-order chi connectivity index (χ1) is 12.0. The fourth-order valence-electron chi connectivity index (χ4n) is 2.48. The number of carboxylic acid groups (broad SMARTS) is 1. The average molecular weight is 420 g/mol. The fourth-order valence-corrected chi connectivity index (χ4v) is 4.10. The van der Waals surface area contributed by atoms with Gasteiger partial charge < -0.3 is 9.84 Å². The van der Waals surface area contributed by atoms with Gasteiger partial charge in [0.15, 0.2) is 0 Å². The number of carbonyl (C=O) groups is 2. The number of fused-ring (bicyclic) bond motifs is 1. The third kappa shape index (κ3) is 3.72. The highest BCUT2D eigenvalue weighted by molar-refractivity contribution is 9.10. The SMILES string of the molecule is COc1ccc(C=C2Sc3ccccc3N(CC(=O)O)C2=O)cc1Br. The number of ether oxygens (including phenoxy) is 1. The van der Waals surface area contributed by atoms with Gasteiger partial charge in [0.25, 0.3) is 5.91 Å². The minimum Gasteiger partial charge on any atom is -0.496 e. The molecular formula is C18H14BrNO4S. The summed E-state index contributed by atoms with van der Waals surface area (Å²) in [5, 5.41) is 9.14. The van der Waals surface area contributed by atoms with Gasteiger partial charge in [-0.3, -0.25) is 14.5 Å². The Labute approximate surface area is 157 Å².